The second-order valence-electron chi connectivity index (χ2n) is 5.26. The van der Waals surface area contributed by atoms with Crippen molar-refractivity contribution in [3.63, 3.8) is 0 Å². The summed E-state index contributed by atoms with van der Waals surface area (Å²) in [7, 11) is 0. The molecule has 24 heavy (non-hydrogen) atoms. The minimum atomic E-state index is -0.196. The molecule has 0 heterocycles. The van der Waals surface area contributed by atoms with Crippen molar-refractivity contribution in [1.29, 1.82) is 0 Å². The SMILES string of the molecule is O=C(C=Cc1ccccc1Cl)Nc1ccccc1-c1ccccc1. The number of halogens is 1. The smallest absolute Gasteiger partial charge is 0.248 e. The fourth-order valence-corrected chi connectivity index (χ4v) is 2.61. The van der Waals surface area contributed by atoms with Crippen LogP contribution in [0.25, 0.3) is 17.2 Å². The van der Waals surface area contributed by atoms with Crippen LogP contribution < -0.4 is 5.32 Å². The number of amides is 1. The highest BCUT2D eigenvalue weighted by atomic mass is 35.5. The molecule has 0 aromatic heterocycles. The van der Waals surface area contributed by atoms with Crippen molar-refractivity contribution in [2.75, 3.05) is 5.32 Å². The third kappa shape index (κ3) is 3.92. The number of hydrogen-bond acceptors (Lipinski definition) is 1. The minimum Gasteiger partial charge on any atom is -0.322 e. The van der Waals surface area contributed by atoms with Crippen LogP contribution in [0, 0.1) is 0 Å². The molecule has 118 valence electrons. The zero-order chi connectivity index (χ0) is 16.8. The molecule has 1 N–H and O–H groups in total. The third-order valence-corrected chi connectivity index (χ3v) is 3.93. The van der Waals surface area contributed by atoms with Crippen molar-refractivity contribution in [3.05, 3.63) is 95.5 Å². The number of benzene rings is 3. The lowest BCUT2D eigenvalue weighted by molar-refractivity contribution is -0.111. The maximum absolute atomic E-state index is 12.2. The molecule has 0 bridgehead atoms. The molecule has 2 nitrogen and oxygen atoms in total. The summed E-state index contributed by atoms with van der Waals surface area (Å²) in [6.45, 7) is 0. The second-order valence-corrected chi connectivity index (χ2v) is 5.66. The molecule has 3 aromatic rings. The summed E-state index contributed by atoms with van der Waals surface area (Å²) in [5, 5.41) is 3.55. The minimum absolute atomic E-state index is 0.196. The highest BCUT2D eigenvalue weighted by Gasteiger charge is 2.06. The molecule has 0 fully saturated rings. The summed E-state index contributed by atoms with van der Waals surface area (Å²) in [5.74, 6) is -0.196. The third-order valence-electron chi connectivity index (χ3n) is 3.59. The van der Waals surface area contributed by atoms with E-state index in [4.69, 9.17) is 11.6 Å². The second kappa shape index (κ2) is 7.62. The number of rotatable bonds is 4. The van der Waals surface area contributed by atoms with Gasteiger partial charge in [-0.3, -0.25) is 4.79 Å². The van der Waals surface area contributed by atoms with E-state index < -0.39 is 0 Å². The average molecular weight is 334 g/mol. The summed E-state index contributed by atoms with van der Waals surface area (Å²) < 4.78 is 0. The van der Waals surface area contributed by atoms with Crippen LogP contribution in [0.1, 0.15) is 5.56 Å². The Morgan fingerprint density at radius 2 is 1.50 bits per heavy atom. The number of para-hydroxylation sites is 1. The molecule has 0 radical (unpaired) electrons. The lowest BCUT2D eigenvalue weighted by Gasteiger charge is -2.10. The van der Waals surface area contributed by atoms with Crippen LogP contribution in [0.4, 0.5) is 5.69 Å². The van der Waals surface area contributed by atoms with Crippen molar-refractivity contribution in [2.24, 2.45) is 0 Å². The van der Waals surface area contributed by atoms with E-state index in [1.807, 2.05) is 72.8 Å². The molecule has 0 saturated carbocycles. The summed E-state index contributed by atoms with van der Waals surface area (Å²) in [6.07, 6.45) is 3.20. The van der Waals surface area contributed by atoms with Crippen molar-refractivity contribution < 1.29 is 4.79 Å². The molecule has 0 aliphatic carbocycles. The molecule has 3 heteroatoms. The first-order valence-corrected chi connectivity index (χ1v) is 8.00. The maximum atomic E-state index is 12.2. The lowest BCUT2D eigenvalue weighted by Crippen LogP contribution is -2.08. The maximum Gasteiger partial charge on any atom is 0.248 e. The van der Waals surface area contributed by atoms with E-state index >= 15 is 0 Å². The van der Waals surface area contributed by atoms with Crippen molar-refractivity contribution in [1.82, 2.24) is 0 Å². The molecular weight excluding hydrogens is 318 g/mol. The zero-order valence-electron chi connectivity index (χ0n) is 12.9. The Bertz CT molecular complexity index is 872. The standard InChI is InChI=1S/C21H16ClNO/c22-19-12-6-4-10-17(19)14-15-21(24)23-20-13-7-5-11-18(20)16-8-2-1-3-9-16/h1-15H,(H,23,24). The Morgan fingerprint density at radius 3 is 2.29 bits per heavy atom. The van der Waals surface area contributed by atoms with Gasteiger partial charge in [0.05, 0.1) is 0 Å². The van der Waals surface area contributed by atoms with E-state index in [9.17, 15) is 4.79 Å². The zero-order valence-corrected chi connectivity index (χ0v) is 13.7. The normalized spacial score (nSPS) is 10.7. The van der Waals surface area contributed by atoms with E-state index in [-0.39, 0.29) is 5.91 Å². The van der Waals surface area contributed by atoms with Gasteiger partial charge in [0.1, 0.15) is 0 Å². The molecule has 0 saturated heterocycles. The Hall–Kier alpha value is -2.84. The van der Waals surface area contributed by atoms with Crippen LogP contribution in [-0.2, 0) is 4.79 Å². The fraction of sp³-hybridized carbons (Fsp3) is 0. The molecule has 3 rings (SSSR count). The molecule has 0 aliphatic rings. The van der Waals surface area contributed by atoms with Gasteiger partial charge in [-0.05, 0) is 29.3 Å². The Kier molecular flexibility index (Phi) is 5.09. The summed E-state index contributed by atoms with van der Waals surface area (Å²) in [5.41, 5.74) is 3.63. The van der Waals surface area contributed by atoms with Crippen LogP contribution in [0.2, 0.25) is 5.02 Å². The highest BCUT2D eigenvalue weighted by molar-refractivity contribution is 6.32. The van der Waals surface area contributed by atoms with E-state index in [1.54, 1.807) is 12.1 Å². The molecule has 0 unspecified atom stereocenters. The molecular formula is C21H16ClNO. The van der Waals surface area contributed by atoms with E-state index in [2.05, 4.69) is 5.32 Å². The number of carbonyl (C=O) groups is 1. The van der Waals surface area contributed by atoms with Gasteiger partial charge in [-0.25, -0.2) is 0 Å². The topological polar surface area (TPSA) is 29.1 Å². The molecule has 3 aromatic carbocycles. The number of nitrogens with one attached hydrogen (secondary N) is 1. The summed E-state index contributed by atoms with van der Waals surface area (Å²) in [6, 6.07) is 25.1. The van der Waals surface area contributed by atoms with Crippen LogP contribution >= 0.6 is 11.6 Å². The first-order valence-electron chi connectivity index (χ1n) is 7.62. The van der Waals surface area contributed by atoms with Crippen LogP contribution in [0.5, 0.6) is 0 Å². The molecule has 0 aliphatic heterocycles. The van der Waals surface area contributed by atoms with Gasteiger partial charge in [0.15, 0.2) is 0 Å². The van der Waals surface area contributed by atoms with E-state index in [0.29, 0.717) is 5.02 Å². The van der Waals surface area contributed by atoms with Crippen molar-refractivity contribution >= 4 is 29.3 Å². The summed E-state index contributed by atoms with van der Waals surface area (Å²) >= 11 is 6.09. The molecule has 0 spiro atoms. The van der Waals surface area contributed by atoms with Gasteiger partial charge < -0.3 is 5.32 Å². The van der Waals surface area contributed by atoms with Gasteiger partial charge in [-0.2, -0.15) is 0 Å². The van der Waals surface area contributed by atoms with Gasteiger partial charge in [0.25, 0.3) is 0 Å². The highest BCUT2D eigenvalue weighted by Crippen LogP contribution is 2.27. The van der Waals surface area contributed by atoms with Gasteiger partial charge in [0.2, 0.25) is 5.91 Å². The van der Waals surface area contributed by atoms with Crippen LogP contribution in [0.3, 0.4) is 0 Å². The van der Waals surface area contributed by atoms with Crippen molar-refractivity contribution in [2.45, 2.75) is 0 Å². The first kappa shape index (κ1) is 16.0. The van der Waals surface area contributed by atoms with Crippen LogP contribution in [0.15, 0.2) is 84.9 Å². The van der Waals surface area contributed by atoms with Crippen LogP contribution in [-0.4, -0.2) is 5.91 Å². The first-order chi connectivity index (χ1) is 11.7. The quantitative estimate of drug-likeness (QED) is 0.613. The Morgan fingerprint density at radius 1 is 0.833 bits per heavy atom. The van der Waals surface area contributed by atoms with E-state index in [1.165, 1.54) is 6.08 Å². The largest absolute Gasteiger partial charge is 0.322 e. The monoisotopic (exact) mass is 333 g/mol. The number of hydrogen-bond donors (Lipinski definition) is 1. The van der Waals surface area contributed by atoms with Gasteiger partial charge in [-0.1, -0.05) is 78.3 Å². The predicted octanol–water partition coefficient (Wildman–Crippen LogP) is 5.66. The van der Waals surface area contributed by atoms with Gasteiger partial charge in [0, 0.05) is 22.3 Å². The Balaban J connectivity index is 1.80. The molecule has 0 atom stereocenters. The lowest BCUT2D eigenvalue weighted by atomic mass is 10.0. The number of carbonyl (C=O) groups excluding carboxylic acids is 1. The fourth-order valence-electron chi connectivity index (χ4n) is 2.41. The number of anilines is 1. The summed E-state index contributed by atoms with van der Waals surface area (Å²) in [4.78, 5) is 12.2. The predicted molar refractivity (Wildman–Crippen MR) is 101 cm³/mol. The van der Waals surface area contributed by atoms with Gasteiger partial charge >= 0.3 is 0 Å². The van der Waals surface area contributed by atoms with Gasteiger partial charge in [-0.15, -0.1) is 0 Å². The Labute approximate surface area is 146 Å². The van der Waals surface area contributed by atoms with E-state index in [0.717, 1.165) is 22.4 Å². The molecule has 1 amide bonds. The van der Waals surface area contributed by atoms with Crippen molar-refractivity contribution in [3.8, 4) is 11.1 Å². The average Bonchev–Trinajstić information content (AvgIpc) is 2.62.